The molecule has 0 saturated carbocycles. The second-order valence-corrected chi connectivity index (χ2v) is 4.01. The number of fused-ring (bicyclic) bond motifs is 1. The minimum atomic E-state index is -0.699. The number of rotatable bonds is 2. The van der Waals surface area contributed by atoms with Crippen LogP contribution in [0.4, 0.5) is 4.39 Å². The number of benzene rings is 1. The predicted molar refractivity (Wildman–Crippen MR) is 55.1 cm³/mol. The molecule has 1 aromatic carbocycles. The average Bonchev–Trinajstić information content (AvgIpc) is 2.28. The van der Waals surface area contributed by atoms with Crippen LogP contribution in [0.2, 0.25) is 0 Å². The summed E-state index contributed by atoms with van der Waals surface area (Å²) in [5.41, 5.74) is 1.19. The number of aliphatic hydroxyl groups is 1. The Morgan fingerprint density at radius 2 is 2.33 bits per heavy atom. The van der Waals surface area contributed by atoms with Gasteiger partial charge in [-0.25, -0.2) is 4.39 Å². The molecule has 82 valence electrons. The van der Waals surface area contributed by atoms with Gasteiger partial charge in [0, 0.05) is 7.11 Å². The Hall–Kier alpha value is -0.930. The van der Waals surface area contributed by atoms with Gasteiger partial charge in [0.15, 0.2) is 0 Å². The van der Waals surface area contributed by atoms with Gasteiger partial charge in [0.2, 0.25) is 0 Å². The van der Waals surface area contributed by atoms with Gasteiger partial charge in [0.05, 0.1) is 6.61 Å². The molecule has 0 fully saturated rings. The smallest absolute Gasteiger partial charge is 0.123 e. The van der Waals surface area contributed by atoms with Gasteiger partial charge in [-0.1, -0.05) is 6.07 Å². The maximum atomic E-state index is 13.2. The highest BCUT2D eigenvalue weighted by Crippen LogP contribution is 2.37. The van der Waals surface area contributed by atoms with Gasteiger partial charge in [0.1, 0.15) is 11.4 Å². The van der Waals surface area contributed by atoms with E-state index in [0.29, 0.717) is 0 Å². The third-order valence-electron chi connectivity index (χ3n) is 3.24. The Kier molecular flexibility index (Phi) is 2.76. The summed E-state index contributed by atoms with van der Waals surface area (Å²) in [6, 6.07) is 4.73. The van der Waals surface area contributed by atoms with E-state index in [2.05, 4.69) is 0 Å². The van der Waals surface area contributed by atoms with Crippen LogP contribution in [0.1, 0.15) is 24.0 Å². The zero-order valence-corrected chi connectivity index (χ0v) is 8.79. The van der Waals surface area contributed by atoms with Crippen molar-refractivity contribution in [3.8, 4) is 0 Å². The van der Waals surface area contributed by atoms with Gasteiger partial charge < -0.3 is 9.84 Å². The van der Waals surface area contributed by atoms with E-state index in [1.807, 2.05) is 0 Å². The van der Waals surface area contributed by atoms with Crippen molar-refractivity contribution in [3.63, 3.8) is 0 Å². The van der Waals surface area contributed by atoms with Gasteiger partial charge in [-0.2, -0.15) is 0 Å². The number of methoxy groups -OCH3 is 1. The second kappa shape index (κ2) is 3.91. The molecule has 1 aromatic rings. The molecule has 1 aliphatic rings. The molecule has 0 saturated heterocycles. The first-order valence-corrected chi connectivity index (χ1v) is 5.17. The lowest BCUT2D eigenvalue weighted by Crippen LogP contribution is -2.36. The second-order valence-electron chi connectivity index (χ2n) is 4.01. The zero-order chi connectivity index (χ0) is 10.9. The van der Waals surface area contributed by atoms with Crippen molar-refractivity contribution >= 4 is 0 Å². The molecule has 2 nitrogen and oxygen atoms in total. The maximum absolute atomic E-state index is 13.2. The maximum Gasteiger partial charge on any atom is 0.123 e. The topological polar surface area (TPSA) is 29.5 Å². The summed E-state index contributed by atoms with van der Waals surface area (Å²) in [4.78, 5) is 0. The molecule has 1 atom stereocenters. The van der Waals surface area contributed by atoms with Crippen molar-refractivity contribution in [3.05, 3.63) is 35.1 Å². The largest absolute Gasteiger partial charge is 0.393 e. The third kappa shape index (κ3) is 1.66. The van der Waals surface area contributed by atoms with E-state index < -0.39 is 5.60 Å². The van der Waals surface area contributed by atoms with E-state index in [4.69, 9.17) is 4.74 Å². The van der Waals surface area contributed by atoms with Gasteiger partial charge in [-0.05, 0) is 42.5 Å². The Morgan fingerprint density at radius 3 is 3.00 bits per heavy atom. The molecule has 0 bridgehead atoms. The van der Waals surface area contributed by atoms with Crippen LogP contribution in [0.3, 0.4) is 0 Å². The lowest BCUT2D eigenvalue weighted by molar-refractivity contribution is -0.0690. The van der Waals surface area contributed by atoms with Crippen molar-refractivity contribution in [2.45, 2.75) is 24.9 Å². The first kappa shape index (κ1) is 10.6. The lowest BCUT2D eigenvalue weighted by Gasteiger charge is -2.36. The van der Waals surface area contributed by atoms with Crippen LogP contribution < -0.4 is 0 Å². The summed E-state index contributed by atoms with van der Waals surface area (Å²) in [7, 11) is 1.57. The van der Waals surface area contributed by atoms with Gasteiger partial charge in [-0.15, -0.1) is 0 Å². The number of ether oxygens (including phenoxy) is 1. The Morgan fingerprint density at radius 1 is 1.53 bits per heavy atom. The fourth-order valence-corrected chi connectivity index (χ4v) is 2.33. The molecule has 0 radical (unpaired) electrons. The van der Waals surface area contributed by atoms with Crippen LogP contribution >= 0.6 is 0 Å². The van der Waals surface area contributed by atoms with Crippen molar-refractivity contribution in [2.24, 2.45) is 0 Å². The first-order valence-electron chi connectivity index (χ1n) is 5.17. The molecule has 0 aliphatic heterocycles. The molecular weight excluding hydrogens is 195 g/mol. The molecule has 1 N–H and O–H groups in total. The first-order chi connectivity index (χ1) is 7.22. The van der Waals surface area contributed by atoms with E-state index in [-0.39, 0.29) is 12.4 Å². The molecule has 1 unspecified atom stereocenters. The SMILES string of the molecule is COC1(CO)CCCc2ccc(F)cc21. The predicted octanol–water partition coefficient (Wildman–Crippen LogP) is 2.00. The molecule has 0 amide bonds. The van der Waals surface area contributed by atoms with Crippen LogP contribution in [0.15, 0.2) is 18.2 Å². The summed E-state index contributed by atoms with van der Waals surface area (Å²) in [5, 5.41) is 9.43. The molecule has 2 rings (SSSR count). The van der Waals surface area contributed by atoms with Crippen molar-refractivity contribution < 1.29 is 14.2 Å². The van der Waals surface area contributed by atoms with E-state index in [1.54, 1.807) is 13.2 Å². The number of aryl methyl sites for hydroxylation is 1. The van der Waals surface area contributed by atoms with Crippen molar-refractivity contribution in [1.82, 2.24) is 0 Å². The van der Waals surface area contributed by atoms with Gasteiger partial charge in [-0.3, -0.25) is 0 Å². The van der Waals surface area contributed by atoms with E-state index in [1.165, 1.54) is 12.1 Å². The molecular formula is C12H15FO2. The zero-order valence-electron chi connectivity index (χ0n) is 8.79. The highest BCUT2D eigenvalue weighted by Gasteiger charge is 2.36. The van der Waals surface area contributed by atoms with E-state index in [9.17, 15) is 9.50 Å². The number of aliphatic hydroxyl groups excluding tert-OH is 1. The molecule has 0 aromatic heterocycles. The Bertz CT molecular complexity index is 359. The number of hydrogen-bond acceptors (Lipinski definition) is 2. The fraction of sp³-hybridized carbons (Fsp3) is 0.500. The number of hydrogen-bond donors (Lipinski definition) is 1. The minimum Gasteiger partial charge on any atom is -0.393 e. The van der Waals surface area contributed by atoms with Gasteiger partial charge >= 0.3 is 0 Å². The quantitative estimate of drug-likeness (QED) is 0.809. The normalized spacial score (nSPS) is 25.0. The summed E-state index contributed by atoms with van der Waals surface area (Å²) in [6.45, 7) is -0.0973. The highest BCUT2D eigenvalue weighted by molar-refractivity contribution is 5.35. The van der Waals surface area contributed by atoms with Crippen LogP contribution in [0.5, 0.6) is 0 Å². The van der Waals surface area contributed by atoms with E-state index >= 15 is 0 Å². The van der Waals surface area contributed by atoms with Crippen LogP contribution in [-0.4, -0.2) is 18.8 Å². The lowest BCUT2D eigenvalue weighted by atomic mass is 9.79. The number of halogens is 1. The minimum absolute atomic E-state index is 0.0973. The summed E-state index contributed by atoms with van der Waals surface area (Å²) in [6.07, 6.45) is 2.64. The highest BCUT2D eigenvalue weighted by atomic mass is 19.1. The summed E-state index contributed by atoms with van der Waals surface area (Å²) >= 11 is 0. The van der Waals surface area contributed by atoms with Crippen LogP contribution in [-0.2, 0) is 16.8 Å². The fourth-order valence-electron chi connectivity index (χ4n) is 2.33. The van der Waals surface area contributed by atoms with Crippen LogP contribution in [0.25, 0.3) is 0 Å². The Labute approximate surface area is 88.7 Å². The molecule has 1 aliphatic carbocycles. The average molecular weight is 210 g/mol. The monoisotopic (exact) mass is 210 g/mol. The van der Waals surface area contributed by atoms with Gasteiger partial charge in [0.25, 0.3) is 0 Å². The Balaban J connectivity index is 2.53. The standard InChI is InChI=1S/C12H15FO2/c1-15-12(8-14)6-2-3-9-4-5-10(13)7-11(9)12/h4-5,7,14H,2-3,6,8H2,1H3. The summed E-state index contributed by atoms with van der Waals surface area (Å²) < 4.78 is 18.6. The molecule has 3 heteroatoms. The molecule has 0 heterocycles. The van der Waals surface area contributed by atoms with E-state index in [0.717, 1.165) is 30.4 Å². The summed E-state index contributed by atoms with van der Waals surface area (Å²) in [5.74, 6) is -0.273. The molecule has 0 spiro atoms. The van der Waals surface area contributed by atoms with Crippen LogP contribution in [0, 0.1) is 5.82 Å². The van der Waals surface area contributed by atoms with Crippen molar-refractivity contribution in [2.75, 3.05) is 13.7 Å². The molecule has 15 heavy (non-hydrogen) atoms. The van der Waals surface area contributed by atoms with Crippen molar-refractivity contribution in [1.29, 1.82) is 0 Å². The third-order valence-corrected chi connectivity index (χ3v) is 3.24.